The largest absolute Gasteiger partial charge is 0.395 e. The molecule has 1 aliphatic heterocycles. The summed E-state index contributed by atoms with van der Waals surface area (Å²) in [5.74, 6) is 0. The molecule has 0 radical (unpaired) electrons. The number of H-pyrrole nitrogens is 1. The molecule has 0 spiro atoms. The first-order valence-corrected chi connectivity index (χ1v) is 8.49. The zero-order chi connectivity index (χ0) is 15.2. The van der Waals surface area contributed by atoms with Gasteiger partial charge in [0.15, 0.2) is 0 Å². The minimum atomic E-state index is 0.318. The summed E-state index contributed by atoms with van der Waals surface area (Å²) in [6, 6.07) is 8.98. The number of hydrogen-bond donors (Lipinski definition) is 3. The second kappa shape index (κ2) is 7.77. The number of aliphatic hydroxyl groups is 1. The molecular weight excluding hydrogens is 274 g/mol. The summed E-state index contributed by atoms with van der Waals surface area (Å²) < 4.78 is 0. The molecule has 4 heteroatoms. The monoisotopic (exact) mass is 301 g/mol. The molecule has 3 rings (SSSR count). The molecule has 0 amide bonds. The van der Waals surface area contributed by atoms with Crippen LogP contribution in [0.15, 0.2) is 30.5 Å². The molecule has 0 aliphatic carbocycles. The summed E-state index contributed by atoms with van der Waals surface area (Å²) in [5, 5.41) is 14.2. The highest BCUT2D eigenvalue weighted by Gasteiger charge is 2.22. The molecule has 2 aromatic rings. The third-order valence-electron chi connectivity index (χ3n) is 4.76. The Balaban J connectivity index is 1.35. The first kappa shape index (κ1) is 15.5. The van der Waals surface area contributed by atoms with Crippen molar-refractivity contribution >= 4 is 10.9 Å². The van der Waals surface area contributed by atoms with E-state index >= 15 is 0 Å². The third-order valence-corrected chi connectivity index (χ3v) is 4.76. The number of nitrogens with one attached hydrogen (secondary N) is 2. The van der Waals surface area contributed by atoms with E-state index in [9.17, 15) is 5.11 Å². The van der Waals surface area contributed by atoms with E-state index in [1.54, 1.807) is 0 Å². The van der Waals surface area contributed by atoms with Crippen LogP contribution in [0.5, 0.6) is 0 Å². The molecule has 1 aromatic heterocycles. The summed E-state index contributed by atoms with van der Waals surface area (Å²) in [6.45, 7) is 4.59. The molecule has 4 nitrogen and oxygen atoms in total. The summed E-state index contributed by atoms with van der Waals surface area (Å²) in [6.07, 6.45) is 6.80. The fourth-order valence-corrected chi connectivity index (χ4v) is 3.49. The highest BCUT2D eigenvalue weighted by molar-refractivity contribution is 5.82. The van der Waals surface area contributed by atoms with Crippen molar-refractivity contribution in [3.05, 3.63) is 36.0 Å². The van der Waals surface area contributed by atoms with Crippen molar-refractivity contribution in [2.75, 3.05) is 26.2 Å². The van der Waals surface area contributed by atoms with Crippen LogP contribution in [-0.2, 0) is 6.54 Å². The number of rotatable bonds is 8. The summed E-state index contributed by atoms with van der Waals surface area (Å²) in [5.41, 5.74) is 2.57. The lowest BCUT2D eigenvalue weighted by Gasteiger charge is -2.22. The van der Waals surface area contributed by atoms with Crippen LogP contribution in [0, 0.1) is 0 Å². The predicted octanol–water partition coefficient (Wildman–Crippen LogP) is 2.49. The van der Waals surface area contributed by atoms with E-state index < -0.39 is 0 Å². The molecule has 1 aromatic carbocycles. The van der Waals surface area contributed by atoms with Gasteiger partial charge in [0, 0.05) is 29.7 Å². The summed E-state index contributed by atoms with van der Waals surface area (Å²) in [7, 11) is 0. The Morgan fingerprint density at radius 3 is 3.14 bits per heavy atom. The molecular formula is C18H27N3O. The van der Waals surface area contributed by atoms with Gasteiger partial charge < -0.3 is 15.4 Å². The average Bonchev–Trinajstić information content (AvgIpc) is 3.19. The lowest BCUT2D eigenvalue weighted by molar-refractivity contribution is 0.157. The van der Waals surface area contributed by atoms with Gasteiger partial charge in [0.1, 0.15) is 0 Å². The number of aromatic nitrogens is 1. The Hall–Kier alpha value is -1.36. The number of likely N-dealkylation sites (tertiary alicyclic amines) is 1. The molecule has 1 unspecified atom stereocenters. The number of hydrogen-bond acceptors (Lipinski definition) is 3. The Morgan fingerprint density at radius 1 is 1.27 bits per heavy atom. The Labute approximate surface area is 132 Å². The maximum atomic E-state index is 9.32. The van der Waals surface area contributed by atoms with Gasteiger partial charge in [-0.25, -0.2) is 0 Å². The standard InChI is InChI=1S/C18H27N3O/c22-14-16-6-4-12-21(16)11-2-1-9-19-13-15-5-3-7-18-17(15)8-10-20-18/h3,5,7-8,10,16,19-20,22H,1-2,4,6,9,11-14H2. The quantitative estimate of drug-likeness (QED) is 0.657. The maximum Gasteiger partial charge on any atom is 0.0586 e. The van der Waals surface area contributed by atoms with Crippen molar-refractivity contribution in [2.24, 2.45) is 0 Å². The zero-order valence-corrected chi connectivity index (χ0v) is 13.2. The molecule has 22 heavy (non-hydrogen) atoms. The number of fused-ring (bicyclic) bond motifs is 1. The van der Waals surface area contributed by atoms with Crippen LogP contribution >= 0.6 is 0 Å². The van der Waals surface area contributed by atoms with E-state index in [0.29, 0.717) is 12.6 Å². The minimum absolute atomic E-state index is 0.318. The molecule has 0 saturated carbocycles. The average molecular weight is 301 g/mol. The second-order valence-corrected chi connectivity index (χ2v) is 6.25. The van der Waals surface area contributed by atoms with Gasteiger partial charge in [-0.05, 0) is 63.0 Å². The van der Waals surface area contributed by atoms with Crippen LogP contribution in [0.4, 0.5) is 0 Å². The highest BCUT2D eigenvalue weighted by Crippen LogP contribution is 2.18. The number of nitrogens with zero attached hydrogens (tertiary/aromatic N) is 1. The van der Waals surface area contributed by atoms with Crippen LogP contribution in [0.3, 0.4) is 0 Å². The Morgan fingerprint density at radius 2 is 2.23 bits per heavy atom. The van der Waals surface area contributed by atoms with E-state index in [1.165, 1.54) is 35.7 Å². The molecule has 1 saturated heterocycles. The normalized spacial score (nSPS) is 19.2. The lowest BCUT2D eigenvalue weighted by Crippen LogP contribution is -2.33. The van der Waals surface area contributed by atoms with Crippen LogP contribution in [0.1, 0.15) is 31.2 Å². The second-order valence-electron chi connectivity index (χ2n) is 6.25. The number of benzene rings is 1. The number of aromatic amines is 1. The third kappa shape index (κ3) is 3.69. The molecule has 0 bridgehead atoms. The Bertz CT molecular complexity index is 580. The van der Waals surface area contributed by atoms with Crippen LogP contribution < -0.4 is 5.32 Å². The van der Waals surface area contributed by atoms with Gasteiger partial charge in [-0.2, -0.15) is 0 Å². The molecule has 1 fully saturated rings. The summed E-state index contributed by atoms with van der Waals surface area (Å²) >= 11 is 0. The van der Waals surface area contributed by atoms with Gasteiger partial charge in [-0.3, -0.25) is 4.90 Å². The van der Waals surface area contributed by atoms with Crippen LogP contribution in [0.2, 0.25) is 0 Å². The van der Waals surface area contributed by atoms with E-state index in [0.717, 1.165) is 32.6 Å². The molecule has 120 valence electrons. The minimum Gasteiger partial charge on any atom is -0.395 e. The molecule has 3 N–H and O–H groups in total. The van der Waals surface area contributed by atoms with Gasteiger partial charge >= 0.3 is 0 Å². The lowest BCUT2D eigenvalue weighted by atomic mass is 10.1. The fraction of sp³-hybridized carbons (Fsp3) is 0.556. The van der Waals surface area contributed by atoms with Crippen LogP contribution in [0.25, 0.3) is 10.9 Å². The van der Waals surface area contributed by atoms with Gasteiger partial charge in [-0.15, -0.1) is 0 Å². The first-order chi connectivity index (χ1) is 10.9. The van der Waals surface area contributed by atoms with Gasteiger partial charge in [0.25, 0.3) is 0 Å². The highest BCUT2D eigenvalue weighted by atomic mass is 16.3. The number of aliphatic hydroxyl groups excluding tert-OH is 1. The first-order valence-electron chi connectivity index (χ1n) is 8.49. The van der Waals surface area contributed by atoms with Gasteiger partial charge in [-0.1, -0.05) is 12.1 Å². The van der Waals surface area contributed by atoms with Gasteiger partial charge in [0.2, 0.25) is 0 Å². The van der Waals surface area contributed by atoms with E-state index in [4.69, 9.17) is 0 Å². The zero-order valence-electron chi connectivity index (χ0n) is 13.2. The van der Waals surface area contributed by atoms with Gasteiger partial charge in [0.05, 0.1) is 6.61 Å². The fourth-order valence-electron chi connectivity index (χ4n) is 3.49. The van der Waals surface area contributed by atoms with E-state index in [2.05, 4.69) is 39.5 Å². The van der Waals surface area contributed by atoms with Crippen molar-refractivity contribution in [3.8, 4) is 0 Å². The smallest absolute Gasteiger partial charge is 0.0586 e. The molecule has 2 heterocycles. The maximum absolute atomic E-state index is 9.32. The van der Waals surface area contributed by atoms with Crippen molar-refractivity contribution in [2.45, 2.75) is 38.3 Å². The van der Waals surface area contributed by atoms with Crippen molar-refractivity contribution in [3.63, 3.8) is 0 Å². The van der Waals surface area contributed by atoms with Crippen molar-refractivity contribution in [1.29, 1.82) is 0 Å². The number of unbranched alkanes of at least 4 members (excludes halogenated alkanes) is 1. The predicted molar refractivity (Wildman–Crippen MR) is 90.9 cm³/mol. The van der Waals surface area contributed by atoms with Crippen molar-refractivity contribution < 1.29 is 5.11 Å². The Kier molecular flexibility index (Phi) is 5.48. The SMILES string of the molecule is OCC1CCCN1CCCCNCc1cccc2[nH]ccc12. The molecule has 1 aliphatic rings. The topological polar surface area (TPSA) is 51.3 Å². The molecule has 1 atom stereocenters. The van der Waals surface area contributed by atoms with Crippen molar-refractivity contribution in [1.82, 2.24) is 15.2 Å². The van der Waals surface area contributed by atoms with Crippen LogP contribution in [-0.4, -0.2) is 47.3 Å². The van der Waals surface area contributed by atoms with E-state index in [-0.39, 0.29) is 0 Å². The van der Waals surface area contributed by atoms with E-state index in [1.807, 2.05) is 6.20 Å². The summed E-state index contributed by atoms with van der Waals surface area (Å²) in [4.78, 5) is 5.70.